The molecule has 1 fully saturated rings. The van der Waals surface area contributed by atoms with E-state index in [0.29, 0.717) is 39.8 Å². The lowest BCUT2D eigenvalue weighted by atomic mass is 10.1. The maximum absolute atomic E-state index is 13.3. The summed E-state index contributed by atoms with van der Waals surface area (Å²) in [5.41, 5.74) is 1.47. The highest BCUT2D eigenvalue weighted by molar-refractivity contribution is 9.10. The van der Waals surface area contributed by atoms with Gasteiger partial charge < -0.3 is 14.8 Å². The molecule has 0 bridgehead atoms. The molecule has 0 radical (unpaired) electrons. The summed E-state index contributed by atoms with van der Waals surface area (Å²) in [7, 11) is 0. The molecule has 1 aromatic carbocycles. The van der Waals surface area contributed by atoms with E-state index < -0.39 is 11.7 Å². The van der Waals surface area contributed by atoms with Gasteiger partial charge in [-0.15, -0.1) is 0 Å². The average Bonchev–Trinajstić information content (AvgIpc) is 3.55. The molecule has 3 aromatic heterocycles. The standard InChI is InChI=1S/C24H21BrN6O3/c1-15-14-29(23(33)16-6-3-2-4-7-16)10-11-30(15)24(34)21(32)17-12-26-20-19(17)18(25)13-27-22(20)31-9-5-8-28-31/h2-9,12-13,15,26H,10-11,14H2,1H3. The molecule has 1 atom stereocenters. The van der Waals surface area contributed by atoms with Crippen LogP contribution < -0.4 is 0 Å². The zero-order valence-corrected chi connectivity index (χ0v) is 19.9. The number of carbonyl (C=O) groups excluding carboxylic acids is 3. The molecule has 0 spiro atoms. The van der Waals surface area contributed by atoms with E-state index in [2.05, 4.69) is 31.0 Å². The van der Waals surface area contributed by atoms with E-state index in [4.69, 9.17) is 0 Å². The maximum atomic E-state index is 13.3. The summed E-state index contributed by atoms with van der Waals surface area (Å²) in [5, 5.41) is 4.78. The molecular weight excluding hydrogens is 500 g/mol. The first-order chi connectivity index (χ1) is 16.5. The second-order valence-electron chi connectivity index (χ2n) is 8.13. The minimum absolute atomic E-state index is 0.0786. The summed E-state index contributed by atoms with van der Waals surface area (Å²) < 4.78 is 2.19. The van der Waals surface area contributed by atoms with Crippen molar-refractivity contribution in [3.05, 3.63) is 76.8 Å². The molecule has 1 N–H and O–H groups in total. The van der Waals surface area contributed by atoms with Crippen LogP contribution in [-0.2, 0) is 4.79 Å². The van der Waals surface area contributed by atoms with Crippen molar-refractivity contribution in [1.29, 1.82) is 0 Å². The smallest absolute Gasteiger partial charge is 0.295 e. The maximum Gasteiger partial charge on any atom is 0.295 e. The molecule has 1 aliphatic heterocycles. The Balaban J connectivity index is 1.37. The van der Waals surface area contributed by atoms with Gasteiger partial charge in [-0.05, 0) is 41.1 Å². The zero-order valence-electron chi connectivity index (χ0n) is 18.3. The highest BCUT2D eigenvalue weighted by atomic mass is 79.9. The fourth-order valence-corrected chi connectivity index (χ4v) is 4.81. The van der Waals surface area contributed by atoms with Crippen LogP contribution in [0.25, 0.3) is 16.7 Å². The van der Waals surface area contributed by atoms with Crippen LogP contribution in [0.2, 0.25) is 0 Å². The summed E-state index contributed by atoms with van der Waals surface area (Å²) in [6.45, 7) is 2.86. The van der Waals surface area contributed by atoms with E-state index in [1.165, 1.54) is 6.20 Å². The zero-order chi connectivity index (χ0) is 23.8. The Kier molecular flexibility index (Phi) is 5.74. The van der Waals surface area contributed by atoms with Crippen molar-refractivity contribution in [3.8, 4) is 5.82 Å². The Morgan fingerprint density at radius 1 is 1.12 bits per heavy atom. The largest absolute Gasteiger partial charge is 0.357 e. The third kappa shape index (κ3) is 3.79. The molecule has 1 unspecified atom stereocenters. The number of fused-ring (bicyclic) bond motifs is 1. The summed E-state index contributed by atoms with van der Waals surface area (Å²) in [5.74, 6) is -0.759. The van der Waals surface area contributed by atoms with Crippen molar-refractivity contribution in [1.82, 2.24) is 29.5 Å². The second-order valence-corrected chi connectivity index (χ2v) is 8.98. The Morgan fingerprint density at radius 2 is 1.91 bits per heavy atom. The number of hydrogen-bond acceptors (Lipinski definition) is 5. The van der Waals surface area contributed by atoms with Crippen LogP contribution in [0.1, 0.15) is 27.6 Å². The van der Waals surface area contributed by atoms with Crippen LogP contribution in [0.3, 0.4) is 0 Å². The van der Waals surface area contributed by atoms with Crippen molar-refractivity contribution >= 4 is 44.4 Å². The monoisotopic (exact) mass is 520 g/mol. The highest BCUT2D eigenvalue weighted by Gasteiger charge is 2.34. The molecule has 0 aliphatic carbocycles. The fourth-order valence-electron chi connectivity index (χ4n) is 4.29. The van der Waals surface area contributed by atoms with Crippen LogP contribution in [0.5, 0.6) is 0 Å². The van der Waals surface area contributed by atoms with E-state index in [-0.39, 0.29) is 24.1 Å². The van der Waals surface area contributed by atoms with Gasteiger partial charge in [0.25, 0.3) is 17.6 Å². The van der Waals surface area contributed by atoms with Gasteiger partial charge in [0, 0.05) is 65.9 Å². The summed E-state index contributed by atoms with van der Waals surface area (Å²) in [4.78, 5) is 50.1. The van der Waals surface area contributed by atoms with Gasteiger partial charge in [0.1, 0.15) is 0 Å². The number of amides is 2. The highest BCUT2D eigenvalue weighted by Crippen LogP contribution is 2.30. The molecule has 172 valence electrons. The number of piperazine rings is 1. The van der Waals surface area contributed by atoms with Crippen LogP contribution in [-0.4, -0.2) is 72.8 Å². The summed E-state index contributed by atoms with van der Waals surface area (Å²) >= 11 is 3.46. The number of aromatic nitrogens is 4. The molecule has 4 aromatic rings. The van der Waals surface area contributed by atoms with E-state index in [1.807, 2.05) is 25.1 Å². The van der Waals surface area contributed by atoms with Gasteiger partial charge in [0.15, 0.2) is 5.82 Å². The van der Waals surface area contributed by atoms with Crippen molar-refractivity contribution in [2.75, 3.05) is 19.6 Å². The molecule has 5 rings (SSSR count). The topological polar surface area (TPSA) is 104 Å². The lowest BCUT2D eigenvalue weighted by Gasteiger charge is -2.39. The van der Waals surface area contributed by atoms with E-state index in [1.54, 1.807) is 51.3 Å². The number of nitrogens with one attached hydrogen (secondary N) is 1. The van der Waals surface area contributed by atoms with Gasteiger partial charge in [-0.2, -0.15) is 5.10 Å². The van der Waals surface area contributed by atoms with Crippen LogP contribution in [0.15, 0.2) is 65.7 Å². The van der Waals surface area contributed by atoms with Gasteiger partial charge in [-0.25, -0.2) is 9.67 Å². The van der Waals surface area contributed by atoms with Gasteiger partial charge in [0.2, 0.25) is 0 Å². The van der Waals surface area contributed by atoms with Crippen molar-refractivity contribution in [2.24, 2.45) is 0 Å². The Hall–Kier alpha value is -3.79. The normalized spacial score (nSPS) is 16.1. The minimum atomic E-state index is -0.612. The van der Waals surface area contributed by atoms with E-state index in [9.17, 15) is 14.4 Å². The van der Waals surface area contributed by atoms with Crippen LogP contribution in [0, 0.1) is 0 Å². The first-order valence-electron chi connectivity index (χ1n) is 10.8. The Labute approximate surface area is 203 Å². The number of carbonyl (C=O) groups is 3. The predicted molar refractivity (Wildman–Crippen MR) is 129 cm³/mol. The lowest BCUT2D eigenvalue weighted by Crippen LogP contribution is -2.56. The van der Waals surface area contributed by atoms with Gasteiger partial charge >= 0.3 is 0 Å². The molecule has 1 saturated heterocycles. The minimum Gasteiger partial charge on any atom is -0.357 e. The summed E-state index contributed by atoms with van der Waals surface area (Å²) in [6, 6.07) is 10.5. The van der Waals surface area contributed by atoms with Crippen molar-refractivity contribution in [3.63, 3.8) is 0 Å². The number of hydrogen-bond donors (Lipinski definition) is 1. The number of halogens is 1. The molecule has 2 amide bonds. The third-order valence-electron chi connectivity index (χ3n) is 6.00. The van der Waals surface area contributed by atoms with Crippen LogP contribution >= 0.6 is 15.9 Å². The Bertz CT molecular complexity index is 1380. The average molecular weight is 521 g/mol. The lowest BCUT2D eigenvalue weighted by molar-refractivity contribution is -0.130. The second kappa shape index (κ2) is 8.86. The number of ketones is 1. The Morgan fingerprint density at radius 3 is 2.62 bits per heavy atom. The number of benzene rings is 1. The van der Waals surface area contributed by atoms with Gasteiger partial charge in [-0.1, -0.05) is 18.2 Å². The molecule has 9 nitrogen and oxygen atoms in total. The van der Waals surface area contributed by atoms with Crippen molar-refractivity contribution in [2.45, 2.75) is 13.0 Å². The predicted octanol–water partition coefficient (Wildman–Crippen LogP) is 3.07. The molecular formula is C24H21BrN6O3. The van der Waals surface area contributed by atoms with Crippen LogP contribution in [0.4, 0.5) is 0 Å². The van der Waals surface area contributed by atoms with E-state index >= 15 is 0 Å². The number of pyridine rings is 1. The quantitative estimate of drug-likeness (QED) is 0.329. The number of rotatable bonds is 4. The molecule has 4 heterocycles. The number of aromatic amines is 1. The van der Waals surface area contributed by atoms with Gasteiger partial charge in [-0.3, -0.25) is 14.4 Å². The first-order valence-corrected chi connectivity index (χ1v) is 11.6. The summed E-state index contributed by atoms with van der Waals surface area (Å²) in [6.07, 6.45) is 6.51. The number of nitrogens with zero attached hydrogens (tertiary/aromatic N) is 5. The SMILES string of the molecule is CC1CN(C(=O)c2ccccc2)CCN1C(=O)C(=O)c1c[nH]c2c(-n3cccn3)ncc(Br)c12. The number of H-pyrrole nitrogens is 1. The molecule has 1 aliphatic rings. The number of Topliss-reactive ketones (excluding diaryl/α,β-unsaturated/α-hetero) is 1. The molecule has 34 heavy (non-hydrogen) atoms. The third-order valence-corrected chi connectivity index (χ3v) is 6.60. The fraction of sp³-hybridized carbons (Fsp3) is 0.208. The van der Waals surface area contributed by atoms with E-state index in [0.717, 1.165) is 0 Å². The molecule has 10 heteroatoms. The first kappa shape index (κ1) is 22.0. The van der Waals surface area contributed by atoms with Gasteiger partial charge in [0.05, 0.1) is 11.1 Å². The molecule has 0 saturated carbocycles. The van der Waals surface area contributed by atoms with Crippen molar-refractivity contribution < 1.29 is 14.4 Å².